The van der Waals surface area contributed by atoms with Gasteiger partial charge in [0.05, 0.1) is 6.67 Å². The van der Waals surface area contributed by atoms with Crippen LogP contribution in [0.3, 0.4) is 0 Å². The molecule has 0 N–H and O–H groups in total. The van der Waals surface area contributed by atoms with E-state index in [0.717, 1.165) is 12.1 Å². The van der Waals surface area contributed by atoms with Gasteiger partial charge in [0.25, 0.3) is 0 Å². The van der Waals surface area contributed by atoms with Gasteiger partial charge in [0, 0.05) is 18.6 Å². The smallest absolute Gasteiger partial charge is 0.0511 e. The standard InChI is InChI=1S/C11H22N2/c1-10(2)12-8-6-11-5-3-4-7-13(11)9-12/h10-11H,3-9H2,1-2H3. The number of rotatable bonds is 1. The highest BCUT2D eigenvalue weighted by atomic mass is 15.4. The first-order chi connectivity index (χ1) is 6.27. The van der Waals surface area contributed by atoms with Gasteiger partial charge in [-0.2, -0.15) is 0 Å². The lowest BCUT2D eigenvalue weighted by atomic mass is 9.97. The summed E-state index contributed by atoms with van der Waals surface area (Å²) in [5.41, 5.74) is 0. The Labute approximate surface area is 81.9 Å². The largest absolute Gasteiger partial charge is 0.288 e. The van der Waals surface area contributed by atoms with Gasteiger partial charge in [-0.3, -0.25) is 9.80 Å². The first-order valence-electron chi connectivity index (χ1n) is 5.75. The number of nitrogens with zero attached hydrogens (tertiary/aromatic N) is 2. The molecule has 0 bridgehead atoms. The highest BCUT2D eigenvalue weighted by Crippen LogP contribution is 2.24. The average Bonchev–Trinajstić information content (AvgIpc) is 2.17. The maximum Gasteiger partial charge on any atom is 0.0511 e. The van der Waals surface area contributed by atoms with E-state index in [-0.39, 0.29) is 0 Å². The zero-order valence-electron chi connectivity index (χ0n) is 9.00. The second-order valence-corrected chi connectivity index (χ2v) is 4.80. The SMILES string of the molecule is CC(C)N1CCC2CCCCN2C1. The molecule has 0 amide bonds. The summed E-state index contributed by atoms with van der Waals surface area (Å²) < 4.78 is 0. The van der Waals surface area contributed by atoms with Crippen molar-refractivity contribution in [1.29, 1.82) is 0 Å². The topological polar surface area (TPSA) is 6.48 Å². The average molecular weight is 182 g/mol. The molecule has 2 aliphatic heterocycles. The summed E-state index contributed by atoms with van der Waals surface area (Å²) in [5.74, 6) is 0. The lowest BCUT2D eigenvalue weighted by Gasteiger charge is -2.45. The second-order valence-electron chi connectivity index (χ2n) is 4.80. The first-order valence-corrected chi connectivity index (χ1v) is 5.75. The molecule has 0 aromatic carbocycles. The molecule has 0 saturated carbocycles. The van der Waals surface area contributed by atoms with Crippen molar-refractivity contribution in [2.24, 2.45) is 0 Å². The molecule has 2 heteroatoms. The monoisotopic (exact) mass is 182 g/mol. The van der Waals surface area contributed by atoms with Gasteiger partial charge in [-0.1, -0.05) is 6.42 Å². The van der Waals surface area contributed by atoms with Crippen molar-refractivity contribution in [2.75, 3.05) is 19.8 Å². The minimum Gasteiger partial charge on any atom is -0.288 e. The van der Waals surface area contributed by atoms with Crippen LogP contribution >= 0.6 is 0 Å². The van der Waals surface area contributed by atoms with Gasteiger partial charge in [-0.25, -0.2) is 0 Å². The van der Waals surface area contributed by atoms with Crippen LogP contribution < -0.4 is 0 Å². The summed E-state index contributed by atoms with van der Waals surface area (Å²) in [6, 6.07) is 1.65. The van der Waals surface area contributed by atoms with Crippen LogP contribution in [0.15, 0.2) is 0 Å². The normalized spacial score (nSPS) is 32.1. The Hall–Kier alpha value is -0.0800. The van der Waals surface area contributed by atoms with E-state index >= 15 is 0 Å². The fourth-order valence-corrected chi connectivity index (χ4v) is 2.61. The molecule has 2 rings (SSSR count). The number of fused-ring (bicyclic) bond motifs is 1. The van der Waals surface area contributed by atoms with E-state index in [1.54, 1.807) is 0 Å². The Morgan fingerprint density at radius 1 is 1.08 bits per heavy atom. The predicted octanol–water partition coefficient (Wildman–Crippen LogP) is 1.91. The first kappa shape index (κ1) is 9.47. The van der Waals surface area contributed by atoms with Gasteiger partial charge in [-0.05, 0) is 39.7 Å². The highest BCUT2D eigenvalue weighted by molar-refractivity contribution is 4.83. The van der Waals surface area contributed by atoms with Gasteiger partial charge in [0.2, 0.25) is 0 Å². The maximum atomic E-state index is 2.69. The second kappa shape index (κ2) is 3.97. The molecule has 0 radical (unpaired) electrons. The molecule has 2 saturated heterocycles. The summed E-state index contributed by atoms with van der Waals surface area (Å²) in [6.45, 7) is 8.50. The van der Waals surface area contributed by atoms with E-state index in [1.807, 2.05) is 0 Å². The van der Waals surface area contributed by atoms with Gasteiger partial charge < -0.3 is 0 Å². The third-order valence-electron chi connectivity index (χ3n) is 3.59. The third kappa shape index (κ3) is 2.05. The number of hydrogen-bond acceptors (Lipinski definition) is 2. The lowest BCUT2D eigenvalue weighted by Crippen LogP contribution is -2.54. The van der Waals surface area contributed by atoms with Gasteiger partial charge in [0.1, 0.15) is 0 Å². The summed E-state index contributed by atoms with van der Waals surface area (Å²) in [7, 11) is 0. The molecule has 13 heavy (non-hydrogen) atoms. The van der Waals surface area contributed by atoms with Crippen molar-refractivity contribution in [3.8, 4) is 0 Å². The van der Waals surface area contributed by atoms with E-state index in [0.29, 0.717) is 0 Å². The van der Waals surface area contributed by atoms with E-state index < -0.39 is 0 Å². The van der Waals surface area contributed by atoms with Gasteiger partial charge >= 0.3 is 0 Å². The third-order valence-corrected chi connectivity index (χ3v) is 3.59. The Bertz CT molecular complexity index is 167. The molecule has 2 heterocycles. The summed E-state index contributed by atoms with van der Waals surface area (Å²) in [5, 5.41) is 0. The Morgan fingerprint density at radius 2 is 1.92 bits per heavy atom. The van der Waals surface area contributed by atoms with Crippen molar-refractivity contribution in [1.82, 2.24) is 9.80 Å². The summed E-state index contributed by atoms with van der Waals surface area (Å²) >= 11 is 0. The Morgan fingerprint density at radius 3 is 2.69 bits per heavy atom. The van der Waals surface area contributed by atoms with Crippen LogP contribution in [0, 0.1) is 0 Å². The maximum absolute atomic E-state index is 2.69. The molecule has 0 aromatic rings. The molecule has 0 aliphatic carbocycles. The molecular weight excluding hydrogens is 160 g/mol. The predicted molar refractivity (Wildman–Crippen MR) is 55.7 cm³/mol. The highest BCUT2D eigenvalue weighted by Gasteiger charge is 2.29. The Kier molecular flexibility index (Phi) is 2.89. The van der Waals surface area contributed by atoms with E-state index in [4.69, 9.17) is 0 Å². The van der Waals surface area contributed by atoms with Crippen LogP contribution in [0.4, 0.5) is 0 Å². The number of hydrogen-bond donors (Lipinski definition) is 0. The Balaban J connectivity index is 1.91. The van der Waals surface area contributed by atoms with Crippen LogP contribution in [0.1, 0.15) is 39.5 Å². The zero-order chi connectivity index (χ0) is 9.26. The molecule has 1 atom stereocenters. The summed E-state index contributed by atoms with van der Waals surface area (Å²) in [6.07, 6.45) is 5.73. The molecule has 0 spiro atoms. The molecule has 1 unspecified atom stereocenters. The van der Waals surface area contributed by atoms with Crippen LogP contribution in [-0.2, 0) is 0 Å². The van der Waals surface area contributed by atoms with E-state index in [9.17, 15) is 0 Å². The van der Waals surface area contributed by atoms with Crippen LogP contribution in [0.5, 0.6) is 0 Å². The van der Waals surface area contributed by atoms with Crippen molar-refractivity contribution >= 4 is 0 Å². The van der Waals surface area contributed by atoms with Crippen molar-refractivity contribution in [3.05, 3.63) is 0 Å². The van der Waals surface area contributed by atoms with Crippen molar-refractivity contribution < 1.29 is 0 Å². The zero-order valence-corrected chi connectivity index (χ0v) is 9.00. The van der Waals surface area contributed by atoms with Gasteiger partial charge in [0.15, 0.2) is 0 Å². The minimum absolute atomic E-state index is 0.725. The van der Waals surface area contributed by atoms with E-state index in [1.165, 1.54) is 45.4 Å². The van der Waals surface area contributed by atoms with E-state index in [2.05, 4.69) is 23.6 Å². The molecule has 76 valence electrons. The molecule has 2 aliphatic rings. The molecule has 2 fully saturated rings. The minimum atomic E-state index is 0.725. The molecule has 2 nitrogen and oxygen atoms in total. The lowest BCUT2D eigenvalue weighted by molar-refractivity contribution is 0.00233. The fourth-order valence-electron chi connectivity index (χ4n) is 2.61. The van der Waals surface area contributed by atoms with Crippen molar-refractivity contribution in [3.63, 3.8) is 0 Å². The van der Waals surface area contributed by atoms with Crippen LogP contribution in [0.25, 0.3) is 0 Å². The molecular formula is C11H22N2. The summed E-state index contributed by atoms with van der Waals surface area (Å²) in [4.78, 5) is 5.29. The van der Waals surface area contributed by atoms with Crippen LogP contribution in [-0.4, -0.2) is 41.6 Å². The molecule has 0 aromatic heterocycles. The van der Waals surface area contributed by atoms with Crippen LogP contribution in [0.2, 0.25) is 0 Å². The van der Waals surface area contributed by atoms with Gasteiger partial charge in [-0.15, -0.1) is 0 Å². The fraction of sp³-hybridized carbons (Fsp3) is 1.00. The number of piperidine rings is 1. The quantitative estimate of drug-likeness (QED) is 0.611. The van der Waals surface area contributed by atoms with Crippen molar-refractivity contribution in [2.45, 2.75) is 51.6 Å².